The zero-order chi connectivity index (χ0) is 26.2. The number of hydrogen-bond acceptors (Lipinski definition) is 4. The molecule has 7 nitrogen and oxygen atoms in total. The van der Waals surface area contributed by atoms with Crippen molar-refractivity contribution in [3.63, 3.8) is 0 Å². The van der Waals surface area contributed by atoms with Gasteiger partial charge in [-0.05, 0) is 61.2 Å². The Bertz CT molecular complexity index is 1130. The predicted octanol–water partition coefficient (Wildman–Crippen LogP) is 4.90. The lowest BCUT2D eigenvalue weighted by molar-refractivity contribution is -0.140. The Hall–Kier alpha value is -2.10. The Balaban J connectivity index is 2.41. The molecule has 2 rings (SSSR count). The third kappa shape index (κ3) is 8.51. The minimum absolute atomic E-state index is 0.146. The van der Waals surface area contributed by atoms with Gasteiger partial charge in [0.25, 0.3) is 0 Å². The van der Waals surface area contributed by atoms with Gasteiger partial charge in [0.2, 0.25) is 21.8 Å². The monoisotopic (exact) mass is 585 g/mol. The third-order valence-corrected chi connectivity index (χ3v) is 7.87. The van der Waals surface area contributed by atoms with E-state index in [0.717, 1.165) is 39.0 Å². The molecule has 0 bridgehead atoms. The van der Waals surface area contributed by atoms with Crippen molar-refractivity contribution in [2.45, 2.75) is 52.6 Å². The summed E-state index contributed by atoms with van der Waals surface area (Å²) in [5.41, 5.74) is 2.00. The minimum Gasteiger partial charge on any atom is -0.354 e. The van der Waals surface area contributed by atoms with Crippen molar-refractivity contribution in [3.05, 3.63) is 63.1 Å². The third-order valence-electron chi connectivity index (χ3n) is 5.59. The summed E-state index contributed by atoms with van der Waals surface area (Å²) in [6.45, 7) is 5.94. The Kier molecular flexibility index (Phi) is 11.0. The number of benzene rings is 2. The molecule has 2 aromatic rings. The summed E-state index contributed by atoms with van der Waals surface area (Å²) >= 11 is 9.43. The first-order chi connectivity index (χ1) is 16.5. The summed E-state index contributed by atoms with van der Waals surface area (Å²) in [5.74, 6) is -0.725. The predicted molar refractivity (Wildman–Crippen MR) is 145 cm³/mol. The lowest BCUT2D eigenvalue weighted by Crippen LogP contribution is -2.52. The van der Waals surface area contributed by atoms with Crippen molar-refractivity contribution in [2.24, 2.45) is 0 Å². The Labute approximate surface area is 222 Å². The van der Waals surface area contributed by atoms with Gasteiger partial charge in [0, 0.05) is 22.6 Å². The topological polar surface area (TPSA) is 86.8 Å². The number of carbonyl (C=O) groups excluding carboxylic acids is 2. The number of anilines is 1. The van der Waals surface area contributed by atoms with E-state index < -0.39 is 28.5 Å². The van der Waals surface area contributed by atoms with E-state index in [2.05, 4.69) is 21.2 Å². The molecule has 0 unspecified atom stereocenters. The van der Waals surface area contributed by atoms with Crippen LogP contribution in [-0.2, 0) is 26.2 Å². The fourth-order valence-electron chi connectivity index (χ4n) is 3.61. The Morgan fingerprint density at radius 1 is 1.11 bits per heavy atom. The molecule has 10 heteroatoms. The van der Waals surface area contributed by atoms with Gasteiger partial charge in [-0.2, -0.15) is 0 Å². The molecule has 192 valence electrons. The number of rotatable bonds is 12. The van der Waals surface area contributed by atoms with Crippen molar-refractivity contribution in [3.8, 4) is 0 Å². The van der Waals surface area contributed by atoms with E-state index in [1.807, 2.05) is 20.8 Å². The number of nitrogens with one attached hydrogen (secondary N) is 1. The molecule has 0 aliphatic heterocycles. The standard InChI is InChI=1S/C25H33BrClN3O4S/c1-5-7-14-28-25(32)23(6-2)29(16-19-8-10-20(27)11-9-19)24(31)17-30(35(4,33)34)21-12-13-22(26)18(3)15-21/h8-13,15,23H,5-7,14,16-17H2,1-4H3,(H,28,32)/t23-/m0/s1. The molecule has 0 fully saturated rings. The number of amides is 2. The van der Waals surface area contributed by atoms with Gasteiger partial charge in [-0.15, -0.1) is 0 Å². The van der Waals surface area contributed by atoms with Crippen LogP contribution in [0.4, 0.5) is 5.69 Å². The number of aryl methyl sites for hydroxylation is 1. The SMILES string of the molecule is CCCCNC(=O)[C@H](CC)N(Cc1ccc(Cl)cc1)C(=O)CN(c1ccc(Br)c(C)c1)S(C)(=O)=O. The Morgan fingerprint density at radius 2 is 1.77 bits per heavy atom. The lowest BCUT2D eigenvalue weighted by atomic mass is 10.1. The quantitative estimate of drug-likeness (QED) is 0.359. The van der Waals surface area contributed by atoms with E-state index in [1.165, 1.54) is 4.90 Å². The van der Waals surface area contributed by atoms with Crippen LogP contribution in [0.3, 0.4) is 0 Å². The van der Waals surface area contributed by atoms with E-state index in [0.29, 0.717) is 23.7 Å². The number of halogens is 2. The summed E-state index contributed by atoms with van der Waals surface area (Å²) in [6, 6.07) is 11.4. The van der Waals surface area contributed by atoms with Crippen LogP contribution in [-0.4, -0.2) is 50.5 Å². The van der Waals surface area contributed by atoms with E-state index in [9.17, 15) is 18.0 Å². The van der Waals surface area contributed by atoms with Gasteiger partial charge in [-0.25, -0.2) is 8.42 Å². The fraction of sp³-hybridized carbons (Fsp3) is 0.440. The highest BCUT2D eigenvalue weighted by Gasteiger charge is 2.31. The molecule has 35 heavy (non-hydrogen) atoms. The van der Waals surface area contributed by atoms with Gasteiger partial charge in [-0.3, -0.25) is 13.9 Å². The summed E-state index contributed by atoms with van der Waals surface area (Å²) < 4.78 is 27.3. The van der Waals surface area contributed by atoms with Crippen LogP contribution in [0.2, 0.25) is 5.02 Å². The highest BCUT2D eigenvalue weighted by atomic mass is 79.9. The second-order valence-corrected chi connectivity index (χ2v) is 11.6. The number of nitrogens with zero attached hydrogens (tertiary/aromatic N) is 2. The maximum Gasteiger partial charge on any atom is 0.244 e. The van der Waals surface area contributed by atoms with E-state index in [4.69, 9.17) is 11.6 Å². The molecule has 0 spiro atoms. The largest absolute Gasteiger partial charge is 0.354 e. The van der Waals surface area contributed by atoms with Gasteiger partial charge >= 0.3 is 0 Å². The van der Waals surface area contributed by atoms with Crippen LogP contribution in [0.25, 0.3) is 0 Å². The zero-order valence-electron chi connectivity index (χ0n) is 20.6. The second kappa shape index (κ2) is 13.3. The van der Waals surface area contributed by atoms with Crippen LogP contribution in [0.15, 0.2) is 46.9 Å². The van der Waals surface area contributed by atoms with Gasteiger partial charge in [0.05, 0.1) is 11.9 Å². The molecule has 0 heterocycles. The molecule has 0 saturated carbocycles. The molecular formula is C25H33BrClN3O4S. The molecule has 0 aliphatic rings. The molecular weight excluding hydrogens is 554 g/mol. The maximum absolute atomic E-state index is 13.6. The maximum atomic E-state index is 13.6. The lowest BCUT2D eigenvalue weighted by Gasteiger charge is -2.33. The average molecular weight is 587 g/mol. The fourth-order valence-corrected chi connectivity index (χ4v) is 4.82. The van der Waals surface area contributed by atoms with E-state index in [-0.39, 0.29) is 12.5 Å². The van der Waals surface area contributed by atoms with Crippen LogP contribution >= 0.6 is 27.5 Å². The van der Waals surface area contributed by atoms with Crippen LogP contribution < -0.4 is 9.62 Å². The summed E-state index contributed by atoms with van der Waals surface area (Å²) in [4.78, 5) is 28.1. The smallest absolute Gasteiger partial charge is 0.244 e. The Morgan fingerprint density at radius 3 is 2.31 bits per heavy atom. The number of sulfonamides is 1. The van der Waals surface area contributed by atoms with Gasteiger partial charge < -0.3 is 10.2 Å². The van der Waals surface area contributed by atoms with Crippen LogP contribution in [0.1, 0.15) is 44.2 Å². The zero-order valence-corrected chi connectivity index (χ0v) is 23.7. The second-order valence-electron chi connectivity index (χ2n) is 8.42. The average Bonchev–Trinajstić information content (AvgIpc) is 2.80. The van der Waals surface area contributed by atoms with Crippen molar-refractivity contribution < 1.29 is 18.0 Å². The molecule has 1 atom stereocenters. The van der Waals surface area contributed by atoms with Crippen molar-refractivity contribution in [1.82, 2.24) is 10.2 Å². The van der Waals surface area contributed by atoms with Crippen molar-refractivity contribution in [2.75, 3.05) is 23.7 Å². The van der Waals surface area contributed by atoms with Gasteiger partial charge in [0.1, 0.15) is 12.6 Å². The number of unbranched alkanes of at least 4 members (excludes halogenated alkanes) is 1. The molecule has 2 aromatic carbocycles. The number of carbonyl (C=O) groups is 2. The first-order valence-corrected chi connectivity index (χ1v) is 14.5. The molecule has 0 aliphatic carbocycles. The molecule has 0 saturated heterocycles. The van der Waals surface area contributed by atoms with E-state index >= 15 is 0 Å². The normalized spacial score (nSPS) is 12.2. The molecule has 2 amide bonds. The molecule has 0 aromatic heterocycles. The molecule has 0 radical (unpaired) electrons. The number of hydrogen-bond donors (Lipinski definition) is 1. The highest BCUT2D eigenvalue weighted by Crippen LogP contribution is 2.25. The van der Waals surface area contributed by atoms with Crippen LogP contribution in [0.5, 0.6) is 0 Å². The van der Waals surface area contributed by atoms with Crippen molar-refractivity contribution >= 4 is 55.1 Å². The summed E-state index contributed by atoms with van der Waals surface area (Å²) in [7, 11) is -3.77. The van der Waals surface area contributed by atoms with Gasteiger partial charge in [0.15, 0.2) is 0 Å². The van der Waals surface area contributed by atoms with Crippen molar-refractivity contribution in [1.29, 1.82) is 0 Å². The molecule has 1 N–H and O–H groups in total. The van der Waals surface area contributed by atoms with Gasteiger partial charge in [-0.1, -0.05) is 59.9 Å². The van der Waals surface area contributed by atoms with E-state index in [1.54, 1.807) is 42.5 Å². The minimum atomic E-state index is -3.77. The summed E-state index contributed by atoms with van der Waals surface area (Å²) in [6.07, 6.45) is 3.21. The van der Waals surface area contributed by atoms with Crippen LogP contribution in [0, 0.1) is 6.92 Å². The summed E-state index contributed by atoms with van der Waals surface area (Å²) in [5, 5.41) is 3.46. The highest BCUT2D eigenvalue weighted by molar-refractivity contribution is 9.10. The first-order valence-electron chi connectivity index (χ1n) is 11.5. The first kappa shape index (κ1) is 29.1.